The Morgan fingerprint density at radius 2 is 2.35 bits per heavy atom. The number of benzene rings is 1. The Morgan fingerprint density at radius 1 is 1.50 bits per heavy atom. The monoisotopic (exact) mass is 282 g/mol. The second-order valence-corrected chi connectivity index (χ2v) is 5.17. The number of ether oxygens (including phenoxy) is 2. The van der Waals surface area contributed by atoms with E-state index < -0.39 is 0 Å². The van der Waals surface area contributed by atoms with E-state index in [1.165, 1.54) is 19.6 Å². The quantitative estimate of drug-likeness (QED) is 0.622. The number of hydrazine groups is 1. The molecule has 1 saturated heterocycles. The molecule has 20 heavy (non-hydrogen) atoms. The van der Waals surface area contributed by atoms with Crippen molar-refractivity contribution >= 4 is 0 Å². The van der Waals surface area contributed by atoms with E-state index in [2.05, 4.69) is 5.43 Å². The molecule has 0 radical (unpaired) electrons. The largest absolute Gasteiger partial charge is 0.497 e. The van der Waals surface area contributed by atoms with Gasteiger partial charge in [0.1, 0.15) is 11.6 Å². The molecule has 1 aliphatic heterocycles. The maximum atomic E-state index is 14.0. The topological polar surface area (TPSA) is 56.5 Å². The summed E-state index contributed by atoms with van der Waals surface area (Å²) in [7, 11) is 1.52. The Labute approximate surface area is 119 Å². The van der Waals surface area contributed by atoms with Crippen LogP contribution >= 0.6 is 0 Å². The van der Waals surface area contributed by atoms with Gasteiger partial charge in [0.2, 0.25) is 0 Å². The molecule has 112 valence electrons. The molecule has 1 aromatic rings. The summed E-state index contributed by atoms with van der Waals surface area (Å²) >= 11 is 0. The van der Waals surface area contributed by atoms with Crippen LogP contribution in [0.15, 0.2) is 18.2 Å². The number of nitrogens with two attached hydrogens (primary N) is 1. The fraction of sp³-hybridized carbons (Fsp3) is 0.600. The van der Waals surface area contributed by atoms with Gasteiger partial charge in [-0.05, 0) is 38.2 Å². The second-order valence-electron chi connectivity index (χ2n) is 5.17. The highest BCUT2D eigenvalue weighted by atomic mass is 19.1. The first kappa shape index (κ1) is 15.2. The zero-order valence-corrected chi connectivity index (χ0v) is 11.9. The summed E-state index contributed by atoms with van der Waals surface area (Å²) in [6.45, 7) is 0.836. The number of halogens is 1. The highest BCUT2D eigenvalue weighted by molar-refractivity contribution is 5.30. The smallest absolute Gasteiger partial charge is 0.131 e. The molecule has 5 heteroatoms. The summed E-state index contributed by atoms with van der Waals surface area (Å²) in [6, 6.07) is 4.66. The van der Waals surface area contributed by atoms with Crippen LogP contribution in [0.25, 0.3) is 0 Å². The molecule has 2 rings (SSSR count). The van der Waals surface area contributed by atoms with Crippen LogP contribution in [0.4, 0.5) is 4.39 Å². The molecular formula is C15H23FN2O2. The molecule has 1 fully saturated rings. The van der Waals surface area contributed by atoms with Crippen molar-refractivity contribution in [3.63, 3.8) is 0 Å². The number of nitrogens with one attached hydrogen (secondary N) is 1. The summed E-state index contributed by atoms with van der Waals surface area (Å²) in [4.78, 5) is 0. The van der Waals surface area contributed by atoms with Crippen LogP contribution in [-0.4, -0.2) is 19.8 Å². The molecule has 0 aliphatic carbocycles. The number of hydrogen-bond donors (Lipinski definition) is 2. The van der Waals surface area contributed by atoms with Crippen molar-refractivity contribution in [2.45, 2.75) is 44.2 Å². The van der Waals surface area contributed by atoms with Crippen LogP contribution in [0.5, 0.6) is 5.75 Å². The van der Waals surface area contributed by atoms with E-state index in [9.17, 15) is 4.39 Å². The lowest BCUT2D eigenvalue weighted by Crippen LogP contribution is -2.30. The molecule has 0 saturated carbocycles. The lowest BCUT2D eigenvalue weighted by Gasteiger charge is -2.25. The van der Waals surface area contributed by atoms with Crippen LogP contribution in [-0.2, 0) is 4.74 Å². The highest BCUT2D eigenvalue weighted by Crippen LogP contribution is 2.27. The van der Waals surface area contributed by atoms with E-state index in [-0.39, 0.29) is 18.0 Å². The minimum absolute atomic E-state index is 0.202. The third kappa shape index (κ3) is 3.91. The maximum Gasteiger partial charge on any atom is 0.131 e. The van der Waals surface area contributed by atoms with E-state index in [4.69, 9.17) is 15.3 Å². The zero-order valence-electron chi connectivity index (χ0n) is 11.9. The van der Waals surface area contributed by atoms with E-state index in [1.54, 1.807) is 12.1 Å². The molecule has 1 aliphatic rings. The summed E-state index contributed by atoms with van der Waals surface area (Å²) in [5.74, 6) is 5.79. The molecule has 0 bridgehead atoms. The zero-order chi connectivity index (χ0) is 14.4. The molecule has 2 atom stereocenters. The molecule has 1 heterocycles. The van der Waals surface area contributed by atoms with Crippen molar-refractivity contribution in [2.75, 3.05) is 13.7 Å². The van der Waals surface area contributed by atoms with E-state index >= 15 is 0 Å². The first-order valence-electron chi connectivity index (χ1n) is 7.15. The third-order valence-corrected chi connectivity index (χ3v) is 3.84. The first-order chi connectivity index (χ1) is 9.74. The summed E-state index contributed by atoms with van der Waals surface area (Å²) in [6.07, 6.45) is 5.36. The van der Waals surface area contributed by atoms with Gasteiger partial charge in [-0.25, -0.2) is 4.39 Å². The van der Waals surface area contributed by atoms with Gasteiger partial charge in [0, 0.05) is 24.3 Å². The summed E-state index contributed by atoms with van der Waals surface area (Å²) in [5, 5.41) is 0. The van der Waals surface area contributed by atoms with Crippen LogP contribution in [0.2, 0.25) is 0 Å². The molecule has 3 N–H and O–H groups in total. The van der Waals surface area contributed by atoms with Gasteiger partial charge in [0.05, 0.1) is 13.2 Å². The van der Waals surface area contributed by atoms with Crippen LogP contribution in [0.3, 0.4) is 0 Å². The normalized spacial score (nSPS) is 20.6. The van der Waals surface area contributed by atoms with Gasteiger partial charge >= 0.3 is 0 Å². The Kier molecular flexibility index (Phi) is 5.76. The SMILES string of the molecule is COc1ccc(C(CCC2CCCCO2)NN)c(F)c1. The van der Waals surface area contributed by atoms with Crippen molar-refractivity contribution in [2.24, 2.45) is 5.84 Å². The van der Waals surface area contributed by atoms with Gasteiger partial charge in [-0.15, -0.1) is 0 Å². The Balaban J connectivity index is 1.96. The van der Waals surface area contributed by atoms with Gasteiger partial charge in [0.25, 0.3) is 0 Å². The molecule has 1 aromatic carbocycles. The van der Waals surface area contributed by atoms with Crippen molar-refractivity contribution in [3.05, 3.63) is 29.6 Å². The lowest BCUT2D eigenvalue weighted by atomic mass is 9.97. The fourth-order valence-corrected chi connectivity index (χ4v) is 2.63. The third-order valence-electron chi connectivity index (χ3n) is 3.84. The number of rotatable bonds is 6. The first-order valence-corrected chi connectivity index (χ1v) is 7.15. The minimum Gasteiger partial charge on any atom is -0.497 e. The predicted molar refractivity (Wildman–Crippen MR) is 75.8 cm³/mol. The van der Waals surface area contributed by atoms with E-state index in [0.29, 0.717) is 11.3 Å². The van der Waals surface area contributed by atoms with Gasteiger partial charge in [-0.2, -0.15) is 0 Å². The van der Waals surface area contributed by atoms with E-state index in [0.717, 1.165) is 32.3 Å². The predicted octanol–water partition coefficient (Wildman–Crippen LogP) is 2.69. The Bertz CT molecular complexity index is 422. The standard InChI is InChI=1S/C15H23FN2O2/c1-19-12-5-7-13(14(16)10-12)15(18-17)8-6-11-4-2-3-9-20-11/h5,7,10-11,15,18H,2-4,6,8-9,17H2,1H3. The summed E-state index contributed by atoms with van der Waals surface area (Å²) in [5.41, 5.74) is 3.27. The van der Waals surface area contributed by atoms with Gasteiger partial charge in [-0.3, -0.25) is 11.3 Å². The average molecular weight is 282 g/mol. The number of methoxy groups -OCH3 is 1. The molecule has 2 unspecified atom stereocenters. The lowest BCUT2D eigenvalue weighted by molar-refractivity contribution is 0.00848. The molecule has 0 aromatic heterocycles. The number of hydrogen-bond acceptors (Lipinski definition) is 4. The van der Waals surface area contributed by atoms with Gasteiger partial charge in [0.15, 0.2) is 0 Å². The Morgan fingerprint density at radius 3 is 2.95 bits per heavy atom. The maximum absolute atomic E-state index is 14.0. The van der Waals surface area contributed by atoms with Crippen LogP contribution < -0.4 is 16.0 Å². The van der Waals surface area contributed by atoms with Crippen molar-refractivity contribution in [3.8, 4) is 5.75 Å². The minimum atomic E-state index is -0.295. The molecule has 0 amide bonds. The molecule has 0 spiro atoms. The van der Waals surface area contributed by atoms with Crippen molar-refractivity contribution < 1.29 is 13.9 Å². The van der Waals surface area contributed by atoms with Crippen LogP contribution in [0.1, 0.15) is 43.7 Å². The molecular weight excluding hydrogens is 259 g/mol. The highest BCUT2D eigenvalue weighted by Gasteiger charge is 2.19. The second kappa shape index (κ2) is 7.57. The fourth-order valence-electron chi connectivity index (χ4n) is 2.63. The average Bonchev–Trinajstić information content (AvgIpc) is 2.50. The van der Waals surface area contributed by atoms with Crippen molar-refractivity contribution in [1.29, 1.82) is 0 Å². The van der Waals surface area contributed by atoms with Gasteiger partial charge in [-0.1, -0.05) is 6.07 Å². The van der Waals surface area contributed by atoms with Gasteiger partial charge < -0.3 is 9.47 Å². The van der Waals surface area contributed by atoms with E-state index in [1.807, 2.05) is 0 Å². The Hall–Kier alpha value is -1.17. The van der Waals surface area contributed by atoms with Crippen molar-refractivity contribution in [1.82, 2.24) is 5.43 Å². The molecule has 4 nitrogen and oxygen atoms in total. The van der Waals surface area contributed by atoms with Crippen LogP contribution in [0, 0.1) is 5.82 Å². The summed E-state index contributed by atoms with van der Waals surface area (Å²) < 4.78 is 24.7.